The van der Waals surface area contributed by atoms with Crippen molar-refractivity contribution in [2.45, 2.75) is 58.5 Å². The van der Waals surface area contributed by atoms with Gasteiger partial charge in [-0.2, -0.15) is 0 Å². The Labute approximate surface area is 226 Å². The molecule has 0 saturated carbocycles. The summed E-state index contributed by atoms with van der Waals surface area (Å²) in [5.74, 6) is 0.655. The van der Waals surface area contributed by atoms with Crippen LogP contribution in [0.15, 0.2) is 42.5 Å². The summed E-state index contributed by atoms with van der Waals surface area (Å²) < 4.78 is 16.6. The first kappa shape index (κ1) is 29.2. The van der Waals surface area contributed by atoms with E-state index in [0.29, 0.717) is 42.0 Å². The average molecular weight is 530 g/mol. The fourth-order valence-electron chi connectivity index (χ4n) is 4.82. The molecule has 1 aliphatic rings. The van der Waals surface area contributed by atoms with E-state index in [9.17, 15) is 9.59 Å². The highest BCUT2D eigenvalue weighted by Gasteiger charge is 2.21. The van der Waals surface area contributed by atoms with E-state index in [1.807, 2.05) is 49.4 Å². The van der Waals surface area contributed by atoms with Gasteiger partial charge in [0, 0.05) is 43.4 Å². The quantitative estimate of drug-likeness (QED) is 0.244. The van der Waals surface area contributed by atoms with E-state index in [4.69, 9.17) is 25.8 Å². The van der Waals surface area contributed by atoms with Crippen LogP contribution in [0, 0.1) is 18.8 Å². The van der Waals surface area contributed by atoms with E-state index in [-0.39, 0.29) is 18.3 Å². The Balaban J connectivity index is 1.70. The molecule has 3 atom stereocenters. The van der Waals surface area contributed by atoms with Crippen LogP contribution in [0.4, 0.5) is 0 Å². The van der Waals surface area contributed by atoms with E-state index in [2.05, 4.69) is 12.2 Å². The van der Waals surface area contributed by atoms with Crippen LogP contribution >= 0.6 is 11.6 Å². The number of ether oxygens (including phenoxy) is 3. The number of benzene rings is 2. The second-order valence-corrected chi connectivity index (χ2v) is 10.3. The normalized spacial score (nSPS) is 17.1. The molecule has 0 aliphatic carbocycles. The van der Waals surface area contributed by atoms with Crippen molar-refractivity contribution in [1.82, 2.24) is 5.32 Å². The summed E-state index contributed by atoms with van der Waals surface area (Å²) in [4.78, 5) is 24.6. The van der Waals surface area contributed by atoms with Gasteiger partial charge in [0.05, 0.1) is 7.11 Å². The van der Waals surface area contributed by atoms with Crippen LogP contribution in [0.1, 0.15) is 78.6 Å². The Morgan fingerprint density at radius 2 is 2.05 bits per heavy atom. The number of carbonyl (C=O) groups is 2. The molecule has 202 valence electrons. The molecule has 1 fully saturated rings. The van der Waals surface area contributed by atoms with Crippen LogP contribution in [-0.4, -0.2) is 45.4 Å². The van der Waals surface area contributed by atoms with E-state index in [0.717, 1.165) is 49.2 Å². The zero-order valence-corrected chi connectivity index (χ0v) is 23.0. The molecule has 0 radical (unpaired) electrons. The van der Waals surface area contributed by atoms with Gasteiger partial charge >= 0.3 is 5.97 Å². The third-order valence-corrected chi connectivity index (χ3v) is 7.30. The van der Waals surface area contributed by atoms with Gasteiger partial charge in [-0.1, -0.05) is 43.1 Å². The van der Waals surface area contributed by atoms with Gasteiger partial charge in [0.25, 0.3) is 5.91 Å². The average Bonchev–Trinajstić information content (AvgIpc) is 2.92. The van der Waals surface area contributed by atoms with Crippen LogP contribution < -0.4 is 5.32 Å². The summed E-state index contributed by atoms with van der Waals surface area (Å²) in [5, 5.41) is 3.76. The van der Waals surface area contributed by atoms with Gasteiger partial charge in [-0.15, -0.1) is 0 Å². The second-order valence-electron chi connectivity index (χ2n) is 9.86. The molecule has 6 nitrogen and oxygen atoms in total. The summed E-state index contributed by atoms with van der Waals surface area (Å²) in [6, 6.07) is 13.3. The highest BCUT2D eigenvalue weighted by molar-refractivity contribution is 6.30. The number of rotatable bonds is 13. The second kappa shape index (κ2) is 15.1. The van der Waals surface area contributed by atoms with Crippen molar-refractivity contribution in [3.8, 4) is 0 Å². The van der Waals surface area contributed by atoms with Crippen LogP contribution in [0.25, 0.3) is 0 Å². The molecular weight excluding hydrogens is 490 g/mol. The Bertz CT molecular complexity index is 1020. The number of aryl methyl sites for hydroxylation is 1. The molecule has 1 heterocycles. The molecule has 3 rings (SSSR count). The van der Waals surface area contributed by atoms with Gasteiger partial charge in [0.15, 0.2) is 0 Å². The molecule has 1 amide bonds. The zero-order valence-electron chi connectivity index (χ0n) is 22.3. The van der Waals surface area contributed by atoms with E-state index in [1.165, 1.54) is 13.5 Å². The molecule has 1 aliphatic heterocycles. The Morgan fingerprint density at radius 3 is 2.78 bits per heavy atom. The van der Waals surface area contributed by atoms with Gasteiger partial charge in [0.1, 0.15) is 6.10 Å². The van der Waals surface area contributed by atoms with Crippen molar-refractivity contribution >= 4 is 23.5 Å². The maximum atomic E-state index is 13.1. The summed E-state index contributed by atoms with van der Waals surface area (Å²) in [6.07, 6.45) is 4.82. The first-order valence-electron chi connectivity index (χ1n) is 13.3. The largest absolute Gasteiger partial charge is 0.469 e. The minimum Gasteiger partial charge on any atom is -0.469 e. The number of nitrogens with one attached hydrogen (secondary N) is 1. The van der Waals surface area contributed by atoms with E-state index in [1.54, 1.807) is 0 Å². The van der Waals surface area contributed by atoms with Gasteiger partial charge in [-0.3, -0.25) is 9.59 Å². The molecule has 2 unspecified atom stereocenters. The van der Waals surface area contributed by atoms with Crippen LogP contribution in [0.3, 0.4) is 0 Å². The minimum atomic E-state index is -0.418. The minimum absolute atomic E-state index is 0.0903. The van der Waals surface area contributed by atoms with Gasteiger partial charge in [0.2, 0.25) is 0 Å². The SMILES string of the molecule is CCC(CNC(=O)c1cccc([C@@H](OCCCC(=O)OC)c2cc(Cl)ccc2C)c1)CC1CCCOC1. The van der Waals surface area contributed by atoms with Crippen molar-refractivity contribution in [1.29, 1.82) is 0 Å². The first-order chi connectivity index (χ1) is 17.9. The summed E-state index contributed by atoms with van der Waals surface area (Å²) in [7, 11) is 1.38. The van der Waals surface area contributed by atoms with Crippen molar-refractivity contribution in [3.63, 3.8) is 0 Å². The standard InChI is InChI=1S/C30H40ClNO5/c1-4-22(16-23-8-6-14-36-20-23)19-32-30(34)25-10-5-9-24(17-25)29(37-15-7-11-28(33)35-3)27-18-26(31)13-12-21(27)2/h5,9-10,12-13,17-18,22-23,29H,4,6-8,11,14-16,19-20H2,1-3H3,(H,32,34)/t22?,23?,29-/m1/s1. The monoisotopic (exact) mass is 529 g/mol. The highest BCUT2D eigenvalue weighted by atomic mass is 35.5. The summed E-state index contributed by atoms with van der Waals surface area (Å²) >= 11 is 6.32. The number of esters is 1. The van der Waals surface area contributed by atoms with Gasteiger partial charge in [-0.25, -0.2) is 0 Å². The Morgan fingerprint density at radius 1 is 1.22 bits per heavy atom. The number of carbonyl (C=O) groups excluding carboxylic acids is 2. The molecule has 7 heteroatoms. The number of halogens is 1. The molecular formula is C30H40ClNO5. The maximum Gasteiger partial charge on any atom is 0.305 e. The predicted octanol–water partition coefficient (Wildman–Crippen LogP) is 6.28. The fraction of sp³-hybridized carbons (Fsp3) is 0.533. The molecule has 1 saturated heterocycles. The van der Waals surface area contributed by atoms with Gasteiger partial charge < -0.3 is 19.5 Å². The molecule has 0 bridgehead atoms. The molecule has 0 aromatic heterocycles. The fourth-order valence-corrected chi connectivity index (χ4v) is 5.00. The van der Waals surface area contributed by atoms with Crippen molar-refractivity contribution in [3.05, 3.63) is 69.7 Å². The van der Waals surface area contributed by atoms with Crippen LogP contribution in [0.2, 0.25) is 5.02 Å². The number of amides is 1. The lowest BCUT2D eigenvalue weighted by molar-refractivity contribution is -0.141. The molecule has 37 heavy (non-hydrogen) atoms. The lowest BCUT2D eigenvalue weighted by atomic mass is 9.89. The van der Waals surface area contributed by atoms with Crippen molar-refractivity contribution in [2.24, 2.45) is 11.8 Å². The number of hydrogen-bond donors (Lipinski definition) is 1. The van der Waals surface area contributed by atoms with Crippen molar-refractivity contribution < 1.29 is 23.8 Å². The smallest absolute Gasteiger partial charge is 0.305 e. The van der Waals surface area contributed by atoms with Crippen LogP contribution in [0.5, 0.6) is 0 Å². The summed E-state index contributed by atoms with van der Waals surface area (Å²) in [5.41, 5.74) is 3.43. The number of hydrogen-bond acceptors (Lipinski definition) is 5. The molecule has 2 aromatic rings. The molecule has 0 spiro atoms. The maximum absolute atomic E-state index is 13.1. The predicted molar refractivity (Wildman–Crippen MR) is 146 cm³/mol. The van der Waals surface area contributed by atoms with E-state index < -0.39 is 6.10 Å². The first-order valence-corrected chi connectivity index (χ1v) is 13.7. The Kier molecular flexibility index (Phi) is 11.9. The Hall–Kier alpha value is -2.41. The van der Waals surface area contributed by atoms with Crippen molar-refractivity contribution in [2.75, 3.05) is 33.5 Å². The van der Waals surface area contributed by atoms with Crippen LogP contribution in [-0.2, 0) is 19.0 Å². The molecule has 1 N–H and O–H groups in total. The highest BCUT2D eigenvalue weighted by Crippen LogP contribution is 2.31. The lowest BCUT2D eigenvalue weighted by Gasteiger charge is -2.26. The lowest BCUT2D eigenvalue weighted by Crippen LogP contribution is -2.31. The van der Waals surface area contributed by atoms with E-state index >= 15 is 0 Å². The third-order valence-electron chi connectivity index (χ3n) is 7.06. The zero-order chi connectivity index (χ0) is 26.6. The van der Waals surface area contributed by atoms with Gasteiger partial charge in [-0.05, 0) is 85.4 Å². The molecule has 2 aromatic carbocycles. The number of methoxy groups -OCH3 is 1. The third kappa shape index (κ3) is 9.13. The topological polar surface area (TPSA) is 73.9 Å². The summed E-state index contributed by atoms with van der Waals surface area (Å²) in [6.45, 7) is 6.90.